The smallest absolute Gasteiger partial charge is 0.319 e. The molecular weight excluding hydrogens is 705 g/mol. The molecule has 0 bridgehead atoms. The Morgan fingerprint density at radius 1 is 0.808 bits per heavy atom. The molecule has 2 fully saturated rings. The molecular formula is C33H46N14O3S2. The molecule has 4 aromatic rings. The number of urea groups is 1. The number of likely N-dealkylation sites (N-methyl/N-ethyl adjacent to an activating group) is 1. The molecule has 7 N–H and O–H groups in total. The first-order valence-electron chi connectivity index (χ1n) is 17.1. The number of piperidine rings is 1. The summed E-state index contributed by atoms with van der Waals surface area (Å²) >= 11 is 2.57. The van der Waals surface area contributed by atoms with Crippen LogP contribution in [0, 0.1) is 13.8 Å². The number of nitrogens with zero attached hydrogens (tertiary/aromatic N) is 9. The zero-order valence-electron chi connectivity index (χ0n) is 30.0. The summed E-state index contributed by atoms with van der Waals surface area (Å²) in [4.78, 5) is 58.6. The molecule has 0 radical (unpaired) electrons. The van der Waals surface area contributed by atoms with Crippen LogP contribution in [0.4, 0.5) is 38.1 Å². The molecule has 2 aliphatic rings. The van der Waals surface area contributed by atoms with Crippen LogP contribution in [0.15, 0.2) is 24.5 Å². The van der Waals surface area contributed by atoms with E-state index in [1.165, 1.54) is 48.5 Å². The van der Waals surface area contributed by atoms with Crippen LogP contribution in [0.25, 0.3) is 0 Å². The fourth-order valence-electron chi connectivity index (χ4n) is 5.99. The molecule has 1 aliphatic heterocycles. The van der Waals surface area contributed by atoms with E-state index in [4.69, 9.17) is 11.5 Å². The molecule has 19 heteroatoms. The van der Waals surface area contributed by atoms with Crippen molar-refractivity contribution < 1.29 is 14.4 Å². The fourth-order valence-corrected chi connectivity index (χ4v) is 7.31. The first-order chi connectivity index (χ1) is 24.9. The molecule has 4 aromatic heterocycles. The third-order valence-electron chi connectivity index (χ3n) is 8.65. The van der Waals surface area contributed by atoms with Gasteiger partial charge in [-0.3, -0.25) is 9.59 Å². The van der Waals surface area contributed by atoms with Crippen molar-refractivity contribution in [2.75, 3.05) is 55.1 Å². The van der Waals surface area contributed by atoms with Crippen LogP contribution in [-0.4, -0.2) is 103 Å². The molecule has 17 nitrogen and oxygen atoms in total. The summed E-state index contributed by atoms with van der Waals surface area (Å²) in [6.07, 6.45) is 11.0. The number of carbonyl (C=O) groups excluding carboxylic acids is 3. The fraction of sp³-hybridized carbons (Fsp3) is 0.485. The number of hydrogen-bond donors (Lipinski definition) is 5. The Morgan fingerprint density at radius 3 is 1.92 bits per heavy atom. The highest BCUT2D eigenvalue weighted by Gasteiger charge is 2.28. The number of nitrogens with two attached hydrogens (primary N) is 2. The Balaban J connectivity index is 0.000000206. The van der Waals surface area contributed by atoms with E-state index in [0.29, 0.717) is 35.9 Å². The summed E-state index contributed by atoms with van der Waals surface area (Å²) in [6, 6.07) is 4.26. The molecule has 5 heterocycles. The number of carbonyl (C=O) groups is 3. The normalized spacial score (nSPS) is 15.9. The van der Waals surface area contributed by atoms with Crippen molar-refractivity contribution in [2.24, 2.45) is 11.5 Å². The third kappa shape index (κ3) is 9.99. The molecule has 278 valence electrons. The number of aryl methyl sites for hydroxylation is 2. The second-order valence-electron chi connectivity index (χ2n) is 13.0. The summed E-state index contributed by atoms with van der Waals surface area (Å²) < 4.78 is 8.42. The number of anilines is 6. The number of aromatic nitrogens is 6. The Hall–Kier alpha value is -5.17. The third-order valence-corrected chi connectivity index (χ3v) is 10.2. The second kappa shape index (κ2) is 17.4. The van der Waals surface area contributed by atoms with Crippen LogP contribution in [0.5, 0.6) is 0 Å². The van der Waals surface area contributed by atoms with Crippen LogP contribution >= 0.6 is 23.1 Å². The summed E-state index contributed by atoms with van der Waals surface area (Å²) in [5.74, 6) is 0.652. The monoisotopic (exact) mass is 750 g/mol. The van der Waals surface area contributed by atoms with Gasteiger partial charge in [-0.2, -0.15) is 8.75 Å². The van der Waals surface area contributed by atoms with Crippen LogP contribution in [0.3, 0.4) is 0 Å². The topological polar surface area (TPSA) is 226 Å². The number of likely N-dealkylation sites (tertiary alicyclic amines) is 1. The lowest BCUT2D eigenvalue weighted by Gasteiger charge is -2.39. The van der Waals surface area contributed by atoms with E-state index in [-0.39, 0.29) is 23.5 Å². The average Bonchev–Trinajstić information content (AvgIpc) is 3.74. The molecule has 6 rings (SSSR count). The summed E-state index contributed by atoms with van der Waals surface area (Å²) in [6.45, 7) is 5.13. The first kappa shape index (κ1) is 38.1. The maximum absolute atomic E-state index is 12.3. The van der Waals surface area contributed by atoms with Gasteiger partial charge in [0.15, 0.2) is 23.0 Å². The van der Waals surface area contributed by atoms with Crippen molar-refractivity contribution in [1.29, 1.82) is 0 Å². The van der Waals surface area contributed by atoms with E-state index in [1.54, 1.807) is 25.2 Å². The highest BCUT2D eigenvalue weighted by molar-refractivity contribution is 7.10. The van der Waals surface area contributed by atoms with Gasteiger partial charge in [-0.15, -0.1) is 0 Å². The van der Waals surface area contributed by atoms with Gasteiger partial charge in [0, 0.05) is 46.3 Å². The van der Waals surface area contributed by atoms with Crippen molar-refractivity contribution in [3.8, 4) is 0 Å². The first-order valence-corrected chi connectivity index (χ1v) is 18.6. The summed E-state index contributed by atoms with van der Waals surface area (Å²) in [5, 5.41) is 11.1. The minimum absolute atomic E-state index is 0.00109. The van der Waals surface area contributed by atoms with Crippen LogP contribution in [-0.2, 0) is 0 Å². The Kier molecular flexibility index (Phi) is 12.7. The Labute approximate surface area is 311 Å². The van der Waals surface area contributed by atoms with Crippen LogP contribution < -0.4 is 32.3 Å². The van der Waals surface area contributed by atoms with E-state index in [1.807, 2.05) is 42.8 Å². The molecule has 52 heavy (non-hydrogen) atoms. The van der Waals surface area contributed by atoms with Gasteiger partial charge in [0.25, 0.3) is 11.8 Å². The van der Waals surface area contributed by atoms with E-state index < -0.39 is 11.8 Å². The standard InChI is InChI=1S/C18H26N8O2S.C15H20N6OS/c1-11-8-14(29-23-11)22-17-15(16(19)27)20-9-13(21-17)25(4)12-6-5-7-26(10-12)18(28)24(2)3;1-9-7-12(23-21-9)20-15-13(14(16)22)17-8-11(19-15)18-10-5-3-2-4-6-10/h8-9,12H,5-7,10H2,1-4H3,(H2,19,27)(H,21,22);7-8,10H,2-6H2,1H3,(H2,16,22)(H2,18,19,20)/t12-;/m0./s1. The van der Waals surface area contributed by atoms with Gasteiger partial charge in [-0.25, -0.2) is 24.7 Å². The number of amides is 4. The number of hydrogen-bond acceptors (Lipinski definition) is 15. The minimum Gasteiger partial charge on any atom is -0.366 e. The minimum atomic E-state index is -0.657. The SMILES string of the molecule is Cc1cc(Nc2nc(N(C)[C@H]3CCCN(C(=O)N(C)C)C3)cnc2C(N)=O)sn1.Cc1cc(Nc2nc(NC3CCCCC3)cnc2C(N)=O)sn1. The van der Waals surface area contributed by atoms with Gasteiger partial charge in [0.05, 0.1) is 23.8 Å². The highest BCUT2D eigenvalue weighted by Crippen LogP contribution is 2.27. The summed E-state index contributed by atoms with van der Waals surface area (Å²) in [7, 11) is 5.43. The van der Waals surface area contributed by atoms with E-state index >= 15 is 0 Å². The lowest BCUT2D eigenvalue weighted by Crippen LogP contribution is -2.51. The van der Waals surface area contributed by atoms with E-state index in [9.17, 15) is 14.4 Å². The van der Waals surface area contributed by atoms with Crippen molar-refractivity contribution >= 4 is 74.2 Å². The zero-order chi connectivity index (χ0) is 37.4. The van der Waals surface area contributed by atoms with Gasteiger partial charge < -0.3 is 42.1 Å². The quantitative estimate of drug-likeness (QED) is 0.151. The van der Waals surface area contributed by atoms with E-state index in [2.05, 4.69) is 44.6 Å². The molecule has 0 unspecified atom stereocenters. The Morgan fingerprint density at radius 2 is 1.38 bits per heavy atom. The van der Waals surface area contributed by atoms with Crippen LogP contribution in [0.2, 0.25) is 0 Å². The average molecular weight is 751 g/mol. The molecule has 0 aromatic carbocycles. The number of rotatable bonds is 10. The largest absolute Gasteiger partial charge is 0.366 e. The molecule has 1 saturated carbocycles. The maximum Gasteiger partial charge on any atom is 0.319 e. The lowest BCUT2D eigenvalue weighted by atomic mass is 9.96. The van der Waals surface area contributed by atoms with Crippen molar-refractivity contribution in [3.63, 3.8) is 0 Å². The number of primary amides is 2. The van der Waals surface area contributed by atoms with Crippen LogP contribution in [0.1, 0.15) is 77.3 Å². The molecule has 0 spiro atoms. The van der Waals surface area contributed by atoms with Gasteiger partial charge in [0.1, 0.15) is 21.6 Å². The van der Waals surface area contributed by atoms with E-state index in [0.717, 1.165) is 53.6 Å². The predicted molar refractivity (Wildman–Crippen MR) is 204 cm³/mol. The van der Waals surface area contributed by atoms with Gasteiger partial charge in [0.2, 0.25) is 0 Å². The van der Waals surface area contributed by atoms with Gasteiger partial charge >= 0.3 is 6.03 Å². The predicted octanol–water partition coefficient (Wildman–Crippen LogP) is 4.49. The summed E-state index contributed by atoms with van der Waals surface area (Å²) in [5.41, 5.74) is 12.8. The molecule has 1 aliphatic carbocycles. The lowest BCUT2D eigenvalue weighted by molar-refractivity contribution is 0.0987. The zero-order valence-corrected chi connectivity index (χ0v) is 31.7. The maximum atomic E-state index is 12.3. The molecule has 4 amide bonds. The molecule has 1 atom stereocenters. The molecule has 1 saturated heterocycles. The number of nitrogens with one attached hydrogen (secondary N) is 3. The van der Waals surface area contributed by atoms with Gasteiger partial charge in [-0.1, -0.05) is 19.3 Å². The van der Waals surface area contributed by atoms with Crippen molar-refractivity contribution in [2.45, 2.75) is 70.9 Å². The van der Waals surface area contributed by atoms with Crippen molar-refractivity contribution in [3.05, 3.63) is 47.3 Å². The Bertz CT molecular complexity index is 1860. The second-order valence-corrected chi connectivity index (χ2v) is 14.6. The van der Waals surface area contributed by atoms with Crippen molar-refractivity contribution in [1.82, 2.24) is 38.5 Å². The highest BCUT2D eigenvalue weighted by atomic mass is 32.1. The van der Waals surface area contributed by atoms with Gasteiger partial charge in [-0.05, 0) is 74.7 Å².